The molecular weight excluding hydrogens is 333 g/mol. The predicted octanol–water partition coefficient (Wildman–Crippen LogP) is 1.58. The number of sulfonamides is 1. The van der Waals surface area contributed by atoms with Crippen molar-refractivity contribution in [3.63, 3.8) is 0 Å². The summed E-state index contributed by atoms with van der Waals surface area (Å²) in [6.07, 6.45) is 1.32. The maximum absolute atomic E-state index is 13.8. The Bertz CT molecular complexity index is 914. The highest BCUT2D eigenvalue weighted by molar-refractivity contribution is 7.89. The van der Waals surface area contributed by atoms with Crippen LogP contribution in [0.1, 0.15) is 28.9 Å². The van der Waals surface area contributed by atoms with E-state index in [1.807, 2.05) is 0 Å². The van der Waals surface area contributed by atoms with Crippen molar-refractivity contribution in [3.05, 3.63) is 41.3 Å². The van der Waals surface area contributed by atoms with Crippen molar-refractivity contribution in [2.45, 2.75) is 25.8 Å². The highest BCUT2D eigenvalue weighted by Gasteiger charge is 2.32. The van der Waals surface area contributed by atoms with Crippen LogP contribution < -0.4 is 5.14 Å². The smallest absolute Gasteiger partial charge is 0.255 e. The van der Waals surface area contributed by atoms with E-state index in [9.17, 15) is 17.6 Å². The number of hydrogen-bond acceptors (Lipinski definition) is 4. The van der Waals surface area contributed by atoms with Crippen LogP contribution in [0.25, 0.3) is 10.9 Å². The minimum Gasteiger partial charge on any atom is -0.335 e. The average Bonchev–Trinajstić information content (AvgIpc) is 2.93. The lowest BCUT2D eigenvalue weighted by atomic mass is 10.1. The summed E-state index contributed by atoms with van der Waals surface area (Å²) >= 11 is 0. The van der Waals surface area contributed by atoms with E-state index in [0.29, 0.717) is 29.6 Å². The van der Waals surface area contributed by atoms with Crippen LogP contribution in [0.5, 0.6) is 0 Å². The number of halogens is 1. The fourth-order valence-corrected chi connectivity index (χ4v) is 4.05. The normalized spacial score (nSPS) is 18.3. The number of para-hydroxylation sites is 1. The first-order chi connectivity index (χ1) is 11.3. The summed E-state index contributed by atoms with van der Waals surface area (Å²) in [5.74, 6) is -0.992. The Hall–Kier alpha value is -2.06. The van der Waals surface area contributed by atoms with Crippen LogP contribution in [0.4, 0.5) is 4.39 Å². The number of aryl methyl sites for hydroxylation is 1. The lowest BCUT2D eigenvalue weighted by molar-refractivity contribution is 0.0748. The first-order valence-electron chi connectivity index (χ1n) is 7.63. The van der Waals surface area contributed by atoms with E-state index in [4.69, 9.17) is 5.14 Å². The first kappa shape index (κ1) is 16.8. The van der Waals surface area contributed by atoms with Gasteiger partial charge in [-0.15, -0.1) is 0 Å². The topological polar surface area (TPSA) is 93.4 Å². The molecule has 1 aromatic heterocycles. The number of fused-ring (bicyclic) bond motifs is 1. The van der Waals surface area contributed by atoms with Gasteiger partial charge in [-0.25, -0.2) is 22.9 Å². The highest BCUT2D eigenvalue weighted by Crippen LogP contribution is 2.25. The second kappa shape index (κ2) is 6.10. The molecule has 1 fully saturated rings. The number of hydrogen-bond donors (Lipinski definition) is 1. The third-order valence-electron chi connectivity index (χ3n) is 4.28. The number of nitrogens with zero attached hydrogens (tertiary/aromatic N) is 2. The Morgan fingerprint density at radius 2 is 2.21 bits per heavy atom. The molecule has 0 aliphatic carbocycles. The number of nitrogens with two attached hydrogens (primary N) is 1. The molecule has 1 aliphatic heterocycles. The number of rotatable bonds is 3. The van der Waals surface area contributed by atoms with Gasteiger partial charge in [0.25, 0.3) is 5.91 Å². The van der Waals surface area contributed by atoms with Gasteiger partial charge in [0, 0.05) is 18.0 Å². The monoisotopic (exact) mass is 351 g/mol. The van der Waals surface area contributed by atoms with Gasteiger partial charge in [0.2, 0.25) is 10.0 Å². The van der Waals surface area contributed by atoms with Crippen molar-refractivity contribution in [2.24, 2.45) is 5.14 Å². The molecule has 1 unspecified atom stereocenters. The van der Waals surface area contributed by atoms with Gasteiger partial charge in [0.05, 0.1) is 17.0 Å². The van der Waals surface area contributed by atoms with Crippen molar-refractivity contribution in [3.8, 4) is 0 Å². The molecule has 2 heterocycles. The maximum atomic E-state index is 13.8. The predicted molar refractivity (Wildman–Crippen MR) is 88.5 cm³/mol. The largest absolute Gasteiger partial charge is 0.335 e. The van der Waals surface area contributed by atoms with Crippen LogP contribution in [0.15, 0.2) is 24.3 Å². The van der Waals surface area contributed by atoms with Crippen molar-refractivity contribution >= 4 is 26.8 Å². The zero-order chi connectivity index (χ0) is 17.5. The number of primary sulfonamides is 1. The van der Waals surface area contributed by atoms with Crippen LogP contribution in [0, 0.1) is 12.7 Å². The van der Waals surface area contributed by atoms with E-state index < -0.39 is 21.9 Å². The molecule has 0 radical (unpaired) electrons. The third-order valence-corrected chi connectivity index (χ3v) is 5.13. The Balaban J connectivity index is 1.97. The van der Waals surface area contributed by atoms with E-state index in [1.165, 1.54) is 11.0 Å². The zero-order valence-electron chi connectivity index (χ0n) is 13.2. The highest BCUT2D eigenvalue weighted by atomic mass is 32.2. The zero-order valence-corrected chi connectivity index (χ0v) is 14.0. The lowest BCUT2D eigenvalue weighted by Gasteiger charge is -2.24. The molecule has 0 saturated carbocycles. The molecule has 0 bridgehead atoms. The minimum atomic E-state index is -3.67. The van der Waals surface area contributed by atoms with E-state index in [2.05, 4.69) is 4.98 Å². The molecule has 1 saturated heterocycles. The SMILES string of the molecule is Cc1nc2c(F)cccc2cc1C(=O)N1CCCC1CS(N)(=O)=O. The van der Waals surface area contributed by atoms with Gasteiger partial charge in [-0.2, -0.15) is 0 Å². The molecule has 24 heavy (non-hydrogen) atoms. The van der Waals surface area contributed by atoms with Crippen LogP contribution in [0.2, 0.25) is 0 Å². The Morgan fingerprint density at radius 1 is 1.46 bits per heavy atom. The molecule has 8 heteroatoms. The molecule has 2 N–H and O–H groups in total. The number of amides is 1. The summed E-state index contributed by atoms with van der Waals surface area (Å²) in [4.78, 5) is 18.6. The first-order valence-corrected chi connectivity index (χ1v) is 9.35. The summed E-state index contributed by atoms with van der Waals surface area (Å²) in [6.45, 7) is 2.11. The molecule has 1 amide bonds. The van der Waals surface area contributed by atoms with Crippen molar-refractivity contribution < 1.29 is 17.6 Å². The van der Waals surface area contributed by atoms with E-state index in [0.717, 1.165) is 6.42 Å². The molecule has 0 spiro atoms. The molecule has 1 aliphatic rings. The number of carbonyl (C=O) groups excluding carboxylic acids is 1. The molecular formula is C16H18FN3O3S. The van der Waals surface area contributed by atoms with E-state index in [-0.39, 0.29) is 17.2 Å². The summed E-state index contributed by atoms with van der Waals surface area (Å²) < 4.78 is 36.5. The Morgan fingerprint density at radius 3 is 2.92 bits per heavy atom. The number of carbonyl (C=O) groups is 1. The van der Waals surface area contributed by atoms with Gasteiger partial charge >= 0.3 is 0 Å². The van der Waals surface area contributed by atoms with Gasteiger partial charge in [0.15, 0.2) is 0 Å². The molecule has 128 valence electrons. The van der Waals surface area contributed by atoms with Gasteiger partial charge in [-0.3, -0.25) is 4.79 Å². The average molecular weight is 351 g/mol. The molecule has 1 atom stereocenters. The summed E-state index contributed by atoms with van der Waals surface area (Å²) in [5, 5.41) is 5.65. The maximum Gasteiger partial charge on any atom is 0.255 e. The van der Waals surface area contributed by atoms with Crippen LogP contribution in [-0.4, -0.2) is 42.5 Å². The second-order valence-electron chi connectivity index (χ2n) is 6.06. The van der Waals surface area contributed by atoms with Gasteiger partial charge in [-0.05, 0) is 31.9 Å². The number of aromatic nitrogens is 1. The van der Waals surface area contributed by atoms with E-state index in [1.54, 1.807) is 25.1 Å². The number of pyridine rings is 1. The lowest BCUT2D eigenvalue weighted by Crippen LogP contribution is -2.41. The molecule has 6 nitrogen and oxygen atoms in total. The molecule has 2 aromatic rings. The van der Waals surface area contributed by atoms with Crippen molar-refractivity contribution in [1.82, 2.24) is 9.88 Å². The number of benzene rings is 1. The summed E-state index contributed by atoms with van der Waals surface area (Å²) in [6, 6.07) is 5.74. The fourth-order valence-electron chi connectivity index (χ4n) is 3.17. The van der Waals surface area contributed by atoms with Crippen LogP contribution >= 0.6 is 0 Å². The molecule has 3 rings (SSSR count). The fraction of sp³-hybridized carbons (Fsp3) is 0.375. The summed E-state index contributed by atoms with van der Waals surface area (Å²) in [7, 11) is -3.67. The Kier molecular flexibility index (Phi) is 4.27. The van der Waals surface area contributed by atoms with Crippen LogP contribution in [-0.2, 0) is 10.0 Å². The standard InChI is InChI=1S/C16H18FN3O3S/c1-10-13(8-11-4-2-6-14(17)15(11)19-10)16(21)20-7-3-5-12(20)9-24(18,22)23/h2,4,6,8,12H,3,5,7,9H2,1H3,(H2,18,22,23). The Labute approximate surface area is 139 Å². The van der Waals surface area contributed by atoms with Crippen LogP contribution in [0.3, 0.4) is 0 Å². The molecule has 1 aromatic carbocycles. The summed E-state index contributed by atoms with van der Waals surface area (Å²) in [5.41, 5.74) is 0.988. The quantitative estimate of drug-likeness (QED) is 0.908. The van der Waals surface area contributed by atoms with Crippen molar-refractivity contribution in [1.29, 1.82) is 0 Å². The van der Waals surface area contributed by atoms with Gasteiger partial charge < -0.3 is 4.90 Å². The minimum absolute atomic E-state index is 0.217. The number of likely N-dealkylation sites (tertiary alicyclic amines) is 1. The second-order valence-corrected chi connectivity index (χ2v) is 7.72. The van der Waals surface area contributed by atoms with E-state index >= 15 is 0 Å². The van der Waals surface area contributed by atoms with Gasteiger partial charge in [-0.1, -0.05) is 12.1 Å². The third kappa shape index (κ3) is 3.25. The van der Waals surface area contributed by atoms with Crippen molar-refractivity contribution in [2.75, 3.05) is 12.3 Å². The van der Waals surface area contributed by atoms with Gasteiger partial charge in [0.1, 0.15) is 11.3 Å².